The Morgan fingerprint density at radius 1 is 1.19 bits per heavy atom. The van der Waals surface area contributed by atoms with Gasteiger partial charge in [-0.15, -0.1) is 0 Å². The lowest BCUT2D eigenvalue weighted by molar-refractivity contribution is -0.213. The first-order valence-corrected chi connectivity index (χ1v) is 9.79. The zero-order chi connectivity index (χ0) is 18.6. The topological polar surface area (TPSA) is 60.3 Å². The van der Waals surface area contributed by atoms with Gasteiger partial charge in [0.25, 0.3) is 5.91 Å². The molecular formula is C21H30N2O3. The molecule has 4 aliphatic rings. The van der Waals surface area contributed by atoms with Crippen molar-refractivity contribution in [1.29, 1.82) is 0 Å². The number of aromatic nitrogens is 1. The molecule has 1 N–H and O–H groups in total. The summed E-state index contributed by atoms with van der Waals surface area (Å²) in [6, 6.07) is 2.99. The SMILES string of the molecule is Cn1cc(C(=O)NCCOC23CC4CC(C)(CC(C)(C4)C2)C3)ccc1=O. The van der Waals surface area contributed by atoms with E-state index in [0.29, 0.717) is 29.5 Å². The summed E-state index contributed by atoms with van der Waals surface area (Å²) in [4.78, 5) is 23.7. The maximum atomic E-state index is 12.3. The number of nitrogens with one attached hydrogen (secondary N) is 1. The fourth-order valence-electron chi connectivity index (χ4n) is 6.77. The summed E-state index contributed by atoms with van der Waals surface area (Å²) in [5.41, 5.74) is 1.28. The molecule has 5 rings (SSSR count). The Hall–Kier alpha value is -1.62. The molecule has 0 saturated heterocycles. The molecule has 5 heteroatoms. The minimum atomic E-state index is -0.159. The van der Waals surface area contributed by atoms with Gasteiger partial charge in [0.05, 0.1) is 17.8 Å². The first-order chi connectivity index (χ1) is 12.2. The zero-order valence-corrected chi connectivity index (χ0v) is 16.1. The largest absolute Gasteiger partial charge is 0.373 e. The Morgan fingerprint density at radius 2 is 1.88 bits per heavy atom. The van der Waals surface area contributed by atoms with Gasteiger partial charge in [-0.05, 0) is 61.3 Å². The van der Waals surface area contributed by atoms with Crippen molar-refractivity contribution in [3.8, 4) is 0 Å². The third kappa shape index (κ3) is 3.22. The summed E-state index contributed by atoms with van der Waals surface area (Å²) in [7, 11) is 1.65. The van der Waals surface area contributed by atoms with Crippen LogP contribution in [0, 0.1) is 16.7 Å². The number of hydrogen-bond donors (Lipinski definition) is 1. The van der Waals surface area contributed by atoms with Gasteiger partial charge in [0.1, 0.15) is 0 Å². The highest BCUT2D eigenvalue weighted by molar-refractivity contribution is 5.93. The molecule has 1 amide bonds. The maximum Gasteiger partial charge on any atom is 0.252 e. The van der Waals surface area contributed by atoms with Gasteiger partial charge in [0.2, 0.25) is 5.56 Å². The lowest BCUT2D eigenvalue weighted by atomic mass is 9.43. The quantitative estimate of drug-likeness (QED) is 0.824. The minimum Gasteiger partial charge on any atom is -0.373 e. The van der Waals surface area contributed by atoms with Crippen LogP contribution in [0.3, 0.4) is 0 Å². The Morgan fingerprint density at radius 3 is 2.50 bits per heavy atom. The number of ether oxygens (including phenoxy) is 1. The highest BCUT2D eigenvalue weighted by Crippen LogP contribution is 2.67. The normalized spacial score (nSPS) is 37.7. The zero-order valence-electron chi connectivity index (χ0n) is 16.1. The second-order valence-electron chi connectivity index (χ2n) is 9.78. The van der Waals surface area contributed by atoms with Crippen LogP contribution in [0.4, 0.5) is 0 Å². The van der Waals surface area contributed by atoms with Crippen molar-refractivity contribution in [2.24, 2.45) is 23.8 Å². The molecule has 4 aliphatic carbocycles. The van der Waals surface area contributed by atoms with Crippen molar-refractivity contribution in [3.63, 3.8) is 0 Å². The molecular weight excluding hydrogens is 328 g/mol. The van der Waals surface area contributed by atoms with Gasteiger partial charge in [0, 0.05) is 25.9 Å². The molecule has 0 aromatic carbocycles. The van der Waals surface area contributed by atoms with E-state index >= 15 is 0 Å². The van der Waals surface area contributed by atoms with Crippen LogP contribution in [-0.2, 0) is 11.8 Å². The maximum absolute atomic E-state index is 12.3. The number of pyridine rings is 1. The number of aryl methyl sites for hydroxylation is 1. The minimum absolute atomic E-state index is 0.0181. The monoisotopic (exact) mass is 358 g/mol. The summed E-state index contributed by atoms with van der Waals surface area (Å²) in [5, 5.41) is 2.92. The van der Waals surface area contributed by atoms with E-state index in [9.17, 15) is 9.59 Å². The van der Waals surface area contributed by atoms with Crippen molar-refractivity contribution in [2.75, 3.05) is 13.2 Å². The van der Waals surface area contributed by atoms with Crippen molar-refractivity contribution in [1.82, 2.24) is 9.88 Å². The van der Waals surface area contributed by atoms with Gasteiger partial charge in [0.15, 0.2) is 0 Å². The number of nitrogens with zero attached hydrogens (tertiary/aromatic N) is 1. The number of carbonyl (C=O) groups excluding carboxylic acids is 1. The standard InChI is InChI=1S/C21H30N2O3/c1-19-8-15-9-20(2,12-19)14-21(10-15,13-19)26-7-6-22-18(25)16-4-5-17(24)23(3)11-16/h4-5,11,15H,6-10,12-14H2,1-3H3,(H,22,25). The molecule has 4 fully saturated rings. The molecule has 2 atom stereocenters. The van der Waals surface area contributed by atoms with Crippen LogP contribution in [0.2, 0.25) is 0 Å². The molecule has 0 spiro atoms. The number of hydrogen-bond acceptors (Lipinski definition) is 3. The lowest BCUT2D eigenvalue weighted by Gasteiger charge is -2.65. The third-order valence-corrected chi connectivity index (χ3v) is 6.72. The van der Waals surface area contributed by atoms with Crippen LogP contribution in [-0.4, -0.2) is 29.2 Å². The number of amides is 1. The molecule has 1 aromatic rings. The molecule has 4 saturated carbocycles. The molecule has 4 bridgehead atoms. The molecule has 142 valence electrons. The summed E-state index contributed by atoms with van der Waals surface area (Å²) in [5.74, 6) is 0.648. The van der Waals surface area contributed by atoms with Crippen LogP contribution in [0.25, 0.3) is 0 Å². The number of carbonyl (C=O) groups is 1. The summed E-state index contributed by atoms with van der Waals surface area (Å²) >= 11 is 0. The van der Waals surface area contributed by atoms with Crippen molar-refractivity contribution >= 4 is 5.91 Å². The van der Waals surface area contributed by atoms with Gasteiger partial charge >= 0.3 is 0 Å². The first kappa shape index (κ1) is 17.8. The highest BCUT2D eigenvalue weighted by Gasteiger charge is 2.60. The van der Waals surface area contributed by atoms with Crippen LogP contribution in [0.1, 0.15) is 62.7 Å². The van der Waals surface area contributed by atoms with E-state index in [1.165, 1.54) is 49.2 Å². The molecule has 5 nitrogen and oxygen atoms in total. The van der Waals surface area contributed by atoms with E-state index in [0.717, 1.165) is 5.92 Å². The van der Waals surface area contributed by atoms with E-state index < -0.39 is 0 Å². The summed E-state index contributed by atoms with van der Waals surface area (Å²) < 4.78 is 7.85. The summed E-state index contributed by atoms with van der Waals surface area (Å²) in [6.07, 6.45) is 9.15. The smallest absolute Gasteiger partial charge is 0.252 e. The molecule has 2 unspecified atom stereocenters. The highest BCUT2D eigenvalue weighted by atomic mass is 16.5. The van der Waals surface area contributed by atoms with Crippen LogP contribution < -0.4 is 10.9 Å². The van der Waals surface area contributed by atoms with E-state index in [2.05, 4.69) is 19.2 Å². The van der Waals surface area contributed by atoms with Gasteiger partial charge < -0.3 is 14.6 Å². The second-order valence-corrected chi connectivity index (χ2v) is 9.78. The lowest BCUT2D eigenvalue weighted by Crippen LogP contribution is -2.59. The molecule has 0 aliphatic heterocycles. The Balaban J connectivity index is 1.33. The van der Waals surface area contributed by atoms with Crippen molar-refractivity contribution in [2.45, 2.75) is 58.0 Å². The van der Waals surface area contributed by atoms with Gasteiger partial charge in [-0.25, -0.2) is 0 Å². The Kier molecular flexibility index (Phi) is 4.07. The predicted octanol–water partition coefficient (Wildman–Crippen LogP) is 2.88. The Labute approximate surface area is 155 Å². The fourth-order valence-corrected chi connectivity index (χ4v) is 6.77. The van der Waals surface area contributed by atoms with E-state index in [-0.39, 0.29) is 17.1 Å². The van der Waals surface area contributed by atoms with Crippen molar-refractivity contribution < 1.29 is 9.53 Å². The second kappa shape index (κ2) is 5.95. The van der Waals surface area contributed by atoms with Gasteiger partial charge in [-0.1, -0.05) is 13.8 Å². The van der Waals surface area contributed by atoms with Crippen molar-refractivity contribution in [3.05, 3.63) is 34.2 Å². The molecule has 1 aromatic heterocycles. The fraction of sp³-hybridized carbons (Fsp3) is 0.714. The van der Waals surface area contributed by atoms with Crippen LogP contribution in [0.5, 0.6) is 0 Å². The molecule has 26 heavy (non-hydrogen) atoms. The predicted molar refractivity (Wildman–Crippen MR) is 100 cm³/mol. The number of rotatable bonds is 5. The molecule has 1 heterocycles. The van der Waals surface area contributed by atoms with Gasteiger partial charge in [-0.2, -0.15) is 0 Å². The van der Waals surface area contributed by atoms with E-state index in [1.807, 2.05) is 0 Å². The molecule has 0 radical (unpaired) electrons. The van der Waals surface area contributed by atoms with Gasteiger partial charge in [-0.3, -0.25) is 9.59 Å². The first-order valence-electron chi connectivity index (χ1n) is 9.79. The average molecular weight is 358 g/mol. The third-order valence-electron chi connectivity index (χ3n) is 6.72. The summed E-state index contributed by atoms with van der Waals surface area (Å²) in [6.45, 7) is 5.93. The van der Waals surface area contributed by atoms with E-state index in [4.69, 9.17) is 4.74 Å². The van der Waals surface area contributed by atoms with E-state index in [1.54, 1.807) is 19.3 Å². The van der Waals surface area contributed by atoms with Crippen LogP contribution >= 0.6 is 0 Å². The van der Waals surface area contributed by atoms with Crippen LogP contribution in [0.15, 0.2) is 23.1 Å². The average Bonchev–Trinajstić information content (AvgIpc) is 2.50. The Bertz CT molecular complexity index is 766.